The number of aryl methyl sites for hydroxylation is 3. The number of carbonyl (C=O) groups is 5. The molecule has 2 aromatic heterocycles. The first-order valence-electron chi connectivity index (χ1n) is 25.8. The summed E-state index contributed by atoms with van der Waals surface area (Å²) in [5, 5.41) is 20.5. The fourth-order valence-electron chi connectivity index (χ4n) is 9.56. The lowest BCUT2D eigenvalue weighted by molar-refractivity contribution is -0.138. The average molecular weight is 1120 g/mol. The Labute approximate surface area is 453 Å². The molecule has 22 heteroatoms. The van der Waals surface area contributed by atoms with E-state index < -0.39 is 42.0 Å². The van der Waals surface area contributed by atoms with Crippen LogP contribution < -0.4 is 0 Å². The van der Waals surface area contributed by atoms with Crippen LogP contribution in [0.2, 0.25) is 0 Å². The third-order valence-electron chi connectivity index (χ3n) is 13.7. The van der Waals surface area contributed by atoms with E-state index in [1.165, 1.54) is 36.7 Å². The molecule has 3 aromatic carbocycles. The fourth-order valence-corrected chi connectivity index (χ4v) is 14.8. The molecule has 0 unspecified atom stereocenters. The molecule has 3 aliphatic rings. The molecule has 0 aliphatic carbocycles. The summed E-state index contributed by atoms with van der Waals surface area (Å²) in [4.78, 5) is 55.3. The summed E-state index contributed by atoms with van der Waals surface area (Å²) in [6.07, 6.45) is 6.60. The van der Waals surface area contributed by atoms with E-state index in [0.29, 0.717) is 73.0 Å². The van der Waals surface area contributed by atoms with Gasteiger partial charge in [0.15, 0.2) is 0 Å². The van der Waals surface area contributed by atoms with Crippen LogP contribution in [0.3, 0.4) is 0 Å². The van der Waals surface area contributed by atoms with Gasteiger partial charge >= 0.3 is 5.97 Å². The first-order valence-corrected chi connectivity index (χ1v) is 30.1. The highest BCUT2D eigenvalue weighted by Crippen LogP contribution is 2.30. The van der Waals surface area contributed by atoms with Crippen LogP contribution in [0.25, 0.3) is 0 Å². The van der Waals surface area contributed by atoms with E-state index in [4.69, 9.17) is 5.11 Å². The summed E-state index contributed by atoms with van der Waals surface area (Å²) < 4.78 is 83.2. The maximum absolute atomic E-state index is 13.0. The summed E-state index contributed by atoms with van der Waals surface area (Å²) in [6, 6.07) is 21.0. The number of aliphatic carboxylic acids is 1. The lowest BCUT2D eigenvalue weighted by Gasteiger charge is -2.19. The van der Waals surface area contributed by atoms with Gasteiger partial charge in [0.05, 0.1) is 38.4 Å². The minimum atomic E-state index is -3.56. The summed E-state index contributed by atoms with van der Waals surface area (Å²) >= 11 is 0. The molecule has 3 saturated heterocycles. The Kier molecular flexibility index (Phi) is 22.1. The Balaban J connectivity index is 0.000000201. The van der Waals surface area contributed by atoms with Crippen molar-refractivity contribution in [3.8, 4) is 0 Å². The molecule has 0 amide bonds. The monoisotopic (exact) mass is 1120 g/mol. The molecule has 2 N–H and O–H groups in total. The SMILES string of the molecule is CC(=O)C(Cc1ccccc1S(=O)(=O)N1CCCC1)C(C)=O.CC(=O)CC(C)=O.Cc1n[nH]c(C)c1Cc1ccccc1S(=O)(=O)N1CCCC1.Cc1nn(CC(=O)O)c(C)c1Cc1ccccc1S(=O)(=O)N1CCCC1. The molecular formula is C55H73N7O12S3. The maximum atomic E-state index is 13.0. The number of ketones is 4. The molecule has 5 aromatic rings. The van der Waals surface area contributed by atoms with Crippen molar-refractivity contribution in [1.82, 2.24) is 32.9 Å². The number of aromatic amines is 1. The number of benzene rings is 3. The second-order valence-corrected chi connectivity index (χ2v) is 25.4. The molecular weight excluding hydrogens is 1050 g/mol. The zero-order chi connectivity index (χ0) is 56.8. The zero-order valence-corrected chi connectivity index (χ0v) is 47.8. The van der Waals surface area contributed by atoms with Gasteiger partial charge in [-0.25, -0.2) is 25.3 Å². The van der Waals surface area contributed by atoms with Crippen LogP contribution in [0.5, 0.6) is 0 Å². The number of Topliss-reactive ketones (excluding diaryl/α,β-unsaturated/α-hetero) is 4. The molecule has 418 valence electrons. The number of nitrogens with one attached hydrogen (secondary N) is 1. The Morgan fingerprint density at radius 1 is 0.545 bits per heavy atom. The smallest absolute Gasteiger partial charge is 0.325 e. The minimum Gasteiger partial charge on any atom is -0.480 e. The Morgan fingerprint density at radius 3 is 1.25 bits per heavy atom. The van der Waals surface area contributed by atoms with Crippen molar-refractivity contribution in [2.45, 2.75) is 141 Å². The van der Waals surface area contributed by atoms with Gasteiger partial charge in [0, 0.05) is 74.6 Å². The second kappa shape index (κ2) is 27.5. The predicted octanol–water partition coefficient (Wildman–Crippen LogP) is 6.72. The van der Waals surface area contributed by atoms with Crippen LogP contribution in [-0.2, 0) is 79.8 Å². The number of aromatic nitrogens is 4. The number of nitrogens with zero attached hydrogens (tertiary/aromatic N) is 6. The van der Waals surface area contributed by atoms with Gasteiger partial charge in [0.25, 0.3) is 0 Å². The molecule has 0 spiro atoms. The summed E-state index contributed by atoms with van der Waals surface area (Å²) in [5.41, 5.74) is 7.40. The molecule has 3 fully saturated rings. The number of H-pyrrole nitrogens is 1. The van der Waals surface area contributed by atoms with Crippen LogP contribution in [0.4, 0.5) is 0 Å². The Hall–Kier alpha value is -6.04. The number of carboxylic acids is 1. The highest BCUT2D eigenvalue weighted by molar-refractivity contribution is 7.89. The second-order valence-electron chi connectivity index (χ2n) is 19.7. The van der Waals surface area contributed by atoms with Gasteiger partial charge in [0.2, 0.25) is 30.1 Å². The molecule has 19 nitrogen and oxygen atoms in total. The first kappa shape index (κ1) is 61.8. The number of rotatable bonds is 18. The fraction of sp³-hybridized carbons (Fsp3) is 0.473. The summed E-state index contributed by atoms with van der Waals surface area (Å²) in [5.74, 6) is -2.34. The van der Waals surface area contributed by atoms with Gasteiger partial charge < -0.3 is 5.11 Å². The number of hydrogen-bond acceptors (Lipinski definition) is 13. The molecule has 5 heterocycles. The van der Waals surface area contributed by atoms with Crippen molar-refractivity contribution in [1.29, 1.82) is 0 Å². The molecule has 0 atom stereocenters. The van der Waals surface area contributed by atoms with Crippen molar-refractivity contribution < 1.29 is 54.3 Å². The maximum Gasteiger partial charge on any atom is 0.325 e. The highest BCUT2D eigenvalue weighted by Gasteiger charge is 2.33. The van der Waals surface area contributed by atoms with E-state index in [-0.39, 0.29) is 47.4 Å². The van der Waals surface area contributed by atoms with Gasteiger partial charge in [-0.15, -0.1) is 0 Å². The topological polar surface area (TPSA) is 264 Å². The van der Waals surface area contributed by atoms with E-state index in [9.17, 15) is 49.2 Å². The first-order chi connectivity index (χ1) is 36.3. The predicted molar refractivity (Wildman–Crippen MR) is 291 cm³/mol. The van der Waals surface area contributed by atoms with Crippen LogP contribution >= 0.6 is 0 Å². The third kappa shape index (κ3) is 16.3. The van der Waals surface area contributed by atoms with E-state index in [0.717, 1.165) is 78.0 Å². The molecule has 0 bridgehead atoms. The highest BCUT2D eigenvalue weighted by atomic mass is 32.2. The largest absolute Gasteiger partial charge is 0.480 e. The molecule has 0 saturated carbocycles. The minimum absolute atomic E-state index is 0.0625. The average Bonchev–Trinajstić information content (AvgIpc) is 4.25. The van der Waals surface area contributed by atoms with E-state index in [1.807, 2.05) is 52.0 Å². The van der Waals surface area contributed by atoms with Crippen molar-refractivity contribution >= 4 is 59.2 Å². The third-order valence-corrected chi connectivity index (χ3v) is 19.7. The van der Waals surface area contributed by atoms with Gasteiger partial charge in [-0.1, -0.05) is 54.6 Å². The number of carboxylic acid groups (broad SMARTS) is 1. The van der Waals surface area contributed by atoms with Crippen molar-refractivity contribution in [3.63, 3.8) is 0 Å². The van der Waals surface area contributed by atoms with Gasteiger partial charge in [0.1, 0.15) is 29.7 Å². The molecule has 3 aliphatic heterocycles. The Bertz CT molecular complexity index is 3210. The molecule has 77 heavy (non-hydrogen) atoms. The lowest BCUT2D eigenvalue weighted by atomic mass is 9.93. The lowest BCUT2D eigenvalue weighted by Crippen LogP contribution is -2.29. The summed E-state index contributed by atoms with van der Waals surface area (Å²) in [6.45, 7) is 16.3. The van der Waals surface area contributed by atoms with Gasteiger partial charge in [-0.2, -0.15) is 23.1 Å². The van der Waals surface area contributed by atoms with Crippen molar-refractivity contribution in [3.05, 3.63) is 123 Å². The number of carbonyl (C=O) groups excluding carboxylic acids is 4. The van der Waals surface area contributed by atoms with E-state index >= 15 is 0 Å². The zero-order valence-electron chi connectivity index (χ0n) is 45.4. The van der Waals surface area contributed by atoms with Crippen LogP contribution in [0, 0.1) is 33.6 Å². The van der Waals surface area contributed by atoms with Crippen LogP contribution in [0.15, 0.2) is 87.5 Å². The summed E-state index contributed by atoms with van der Waals surface area (Å²) in [7, 11) is -10.5. The number of hydrogen-bond donors (Lipinski definition) is 2. The normalized spacial score (nSPS) is 15.2. The van der Waals surface area contributed by atoms with Gasteiger partial charge in [-0.05, 0) is 135 Å². The van der Waals surface area contributed by atoms with Crippen molar-refractivity contribution in [2.24, 2.45) is 5.92 Å². The molecule has 0 radical (unpaired) electrons. The standard InChI is InChI=1S/C18H23N3O4S.C16H21N3O2S.C16H21NO4S.C5H8O2/c1-13-16(14(2)21(19-13)12-18(22)23)11-15-7-3-4-8-17(15)26(24,25)20-9-5-6-10-20;1-12-15(13(2)18-17-12)11-14-7-3-4-8-16(14)22(20,21)19-9-5-6-10-19;1-12(18)15(13(2)19)11-14-7-3-4-8-16(14)22(20,21)17-9-5-6-10-17;1-4(6)3-5(2)7/h3-4,7-8H,5-6,9-12H2,1-2H3,(H,22,23);3-4,7-8H,5-6,9-11H2,1-2H3,(H,17,18);3-4,7-8,15H,5-6,9-11H2,1-2H3;3H2,1-2H3. The van der Waals surface area contributed by atoms with E-state index in [2.05, 4.69) is 15.3 Å². The molecule has 8 rings (SSSR count). The Morgan fingerprint density at radius 2 is 0.909 bits per heavy atom. The number of sulfonamides is 3. The van der Waals surface area contributed by atoms with Crippen LogP contribution in [-0.4, -0.2) is 132 Å². The van der Waals surface area contributed by atoms with Crippen LogP contribution in [0.1, 0.15) is 123 Å². The quantitative estimate of drug-likeness (QED) is 0.0863. The van der Waals surface area contributed by atoms with Gasteiger partial charge in [-0.3, -0.25) is 33.8 Å². The van der Waals surface area contributed by atoms with Crippen molar-refractivity contribution in [2.75, 3.05) is 39.3 Å². The van der Waals surface area contributed by atoms with E-state index in [1.54, 1.807) is 57.1 Å².